The van der Waals surface area contributed by atoms with Crippen LogP contribution in [-0.4, -0.2) is 48.2 Å². The molecule has 7 nitrogen and oxygen atoms in total. The number of nitrogens with zero attached hydrogens (tertiary/aromatic N) is 1. The second kappa shape index (κ2) is 8.35. The highest BCUT2D eigenvalue weighted by atomic mass is 79.9. The van der Waals surface area contributed by atoms with Crippen LogP contribution in [0.1, 0.15) is 36.6 Å². The van der Waals surface area contributed by atoms with Gasteiger partial charge in [0.1, 0.15) is 6.54 Å². The van der Waals surface area contributed by atoms with E-state index in [-0.39, 0.29) is 36.7 Å². The molecule has 0 aromatic heterocycles. The fraction of sp³-hybridized carbons (Fsp3) is 0.200. The van der Waals surface area contributed by atoms with E-state index in [0.29, 0.717) is 10.0 Å². The van der Waals surface area contributed by atoms with Gasteiger partial charge in [-0.3, -0.25) is 24.1 Å². The van der Waals surface area contributed by atoms with Crippen LogP contribution in [0.3, 0.4) is 0 Å². The lowest BCUT2D eigenvalue weighted by Crippen LogP contribution is -2.42. The Morgan fingerprint density at radius 2 is 1.57 bits per heavy atom. The summed E-state index contributed by atoms with van der Waals surface area (Å²) in [7, 11) is 0. The van der Waals surface area contributed by atoms with Crippen molar-refractivity contribution in [1.82, 2.24) is 15.5 Å². The number of amides is 4. The number of hydrogen-bond acceptors (Lipinski definition) is 4. The standard InChI is InChI=1S/C20H18BrN3O4/c1-12-2-4-13(5-3-12)18(26)23-9-8-22-17(25)11-24-19(27)15-7-6-14(21)10-16(15)20(24)28/h2-7,10H,8-9,11H2,1H3,(H,22,25)(H,23,26). The largest absolute Gasteiger partial charge is 0.353 e. The molecule has 1 heterocycles. The summed E-state index contributed by atoms with van der Waals surface area (Å²) in [5.74, 6) is -1.70. The van der Waals surface area contributed by atoms with Gasteiger partial charge in [0.05, 0.1) is 11.1 Å². The molecule has 1 aliphatic rings. The molecule has 4 amide bonds. The highest BCUT2D eigenvalue weighted by Gasteiger charge is 2.36. The molecule has 0 saturated carbocycles. The third-order valence-corrected chi connectivity index (χ3v) is 4.77. The highest BCUT2D eigenvalue weighted by molar-refractivity contribution is 9.10. The first-order valence-corrected chi connectivity index (χ1v) is 9.43. The maximum atomic E-state index is 12.3. The van der Waals surface area contributed by atoms with E-state index in [4.69, 9.17) is 0 Å². The van der Waals surface area contributed by atoms with Crippen molar-refractivity contribution < 1.29 is 19.2 Å². The monoisotopic (exact) mass is 443 g/mol. The molecule has 0 radical (unpaired) electrons. The number of imide groups is 1. The van der Waals surface area contributed by atoms with E-state index < -0.39 is 17.7 Å². The average Bonchev–Trinajstić information content (AvgIpc) is 2.90. The molecule has 0 fully saturated rings. The fourth-order valence-electron chi connectivity index (χ4n) is 2.79. The molecule has 2 aromatic carbocycles. The van der Waals surface area contributed by atoms with Crippen molar-refractivity contribution in [2.75, 3.05) is 19.6 Å². The van der Waals surface area contributed by atoms with Gasteiger partial charge in [-0.15, -0.1) is 0 Å². The number of hydrogen-bond donors (Lipinski definition) is 2. The molecule has 0 atom stereocenters. The minimum absolute atomic E-state index is 0.186. The van der Waals surface area contributed by atoms with Crippen molar-refractivity contribution in [1.29, 1.82) is 0 Å². The average molecular weight is 444 g/mol. The van der Waals surface area contributed by atoms with Gasteiger partial charge in [-0.2, -0.15) is 0 Å². The summed E-state index contributed by atoms with van der Waals surface area (Å²) in [6, 6.07) is 11.9. The molecule has 0 saturated heterocycles. The lowest BCUT2D eigenvalue weighted by atomic mass is 10.1. The van der Waals surface area contributed by atoms with Crippen molar-refractivity contribution in [3.8, 4) is 0 Å². The SMILES string of the molecule is Cc1ccc(C(=O)NCCNC(=O)CN2C(=O)c3ccc(Br)cc3C2=O)cc1. The normalized spacial score (nSPS) is 12.7. The summed E-state index contributed by atoms with van der Waals surface area (Å²) in [6.07, 6.45) is 0. The highest BCUT2D eigenvalue weighted by Crippen LogP contribution is 2.25. The first-order chi connectivity index (χ1) is 13.4. The molecular weight excluding hydrogens is 426 g/mol. The number of rotatable bonds is 6. The van der Waals surface area contributed by atoms with E-state index in [0.717, 1.165) is 10.5 Å². The van der Waals surface area contributed by atoms with E-state index >= 15 is 0 Å². The van der Waals surface area contributed by atoms with Crippen LogP contribution >= 0.6 is 15.9 Å². The number of halogens is 1. The summed E-state index contributed by atoms with van der Waals surface area (Å²) >= 11 is 3.26. The molecule has 144 valence electrons. The molecule has 2 aromatic rings. The second-order valence-corrected chi connectivity index (χ2v) is 7.27. The van der Waals surface area contributed by atoms with Crippen LogP contribution in [0.5, 0.6) is 0 Å². The van der Waals surface area contributed by atoms with Crippen LogP contribution in [0.15, 0.2) is 46.9 Å². The summed E-state index contributed by atoms with van der Waals surface area (Å²) in [6.45, 7) is 1.99. The van der Waals surface area contributed by atoms with Gasteiger partial charge in [0.25, 0.3) is 17.7 Å². The summed E-state index contributed by atoms with van der Waals surface area (Å²) < 4.78 is 0.683. The van der Waals surface area contributed by atoms with Crippen molar-refractivity contribution in [3.63, 3.8) is 0 Å². The molecule has 3 rings (SSSR count). The van der Waals surface area contributed by atoms with Crippen LogP contribution < -0.4 is 10.6 Å². The smallest absolute Gasteiger partial charge is 0.262 e. The van der Waals surface area contributed by atoms with E-state index in [1.165, 1.54) is 0 Å². The molecule has 0 spiro atoms. The number of aryl methyl sites for hydroxylation is 1. The Morgan fingerprint density at radius 3 is 2.29 bits per heavy atom. The molecule has 8 heteroatoms. The Hall–Kier alpha value is -3.00. The van der Waals surface area contributed by atoms with E-state index in [1.807, 2.05) is 19.1 Å². The topological polar surface area (TPSA) is 95.6 Å². The van der Waals surface area contributed by atoms with Gasteiger partial charge in [-0.05, 0) is 37.3 Å². The van der Waals surface area contributed by atoms with Crippen LogP contribution in [0.2, 0.25) is 0 Å². The number of nitrogens with one attached hydrogen (secondary N) is 2. The summed E-state index contributed by atoms with van der Waals surface area (Å²) in [5.41, 5.74) is 2.15. The van der Waals surface area contributed by atoms with E-state index in [2.05, 4.69) is 26.6 Å². The number of carbonyl (C=O) groups is 4. The van der Waals surface area contributed by atoms with Gasteiger partial charge in [-0.25, -0.2) is 0 Å². The second-order valence-electron chi connectivity index (χ2n) is 6.36. The van der Waals surface area contributed by atoms with Crippen LogP contribution in [0.4, 0.5) is 0 Å². The molecule has 1 aliphatic heterocycles. The van der Waals surface area contributed by atoms with Gasteiger partial charge in [0.15, 0.2) is 0 Å². The minimum atomic E-state index is -0.496. The van der Waals surface area contributed by atoms with Gasteiger partial charge in [0.2, 0.25) is 5.91 Å². The molecule has 2 N–H and O–H groups in total. The molecule has 0 aliphatic carbocycles. The Balaban J connectivity index is 1.46. The lowest BCUT2D eigenvalue weighted by Gasteiger charge is -2.13. The summed E-state index contributed by atoms with van der Waals surface area (Å²) in [5, 5.41) is 5.29. The Bertz CT molecular complexity index is 956. The predicted molar refractivity (Wildman–Crippen MR) is 106 cm³/mol. The zero-order valence-corrected chi connectivity index (χ0v) is 16.7. The van der Waals surface area contributed by atoms with Crippen LogP contribution in [0.25, 0.3) is 0 Å². The Kier molecular flexibility index (Phi) is 5.89. The maximum absolute atomic E-state index is 12.3. The fourth-order valence-corrected chi connectivity index (χ4v) is 3.15. The minimum Gasteiger partial charge on any atom is -0.353 e. The maximum Gasteiger partial charge on any atom is 0.262 e. The van der Waals surface area contributed by atoms with Gasteiger partial charge >= 0.3 is 0 Å². The molecule has 0 unspecified atom stereocenters. The summed E-state index contributed by atoms with van der Waals surface area (Å²) in [4.78, 5) is 49.6. The third-order valence-electron chi connectivity index (χ3n) is 4.28. The Morgan fingerprint density at radius 1 is 0.929 bits per heavy atom. The van der Waals surface area contributed by atoms with Gasteiger partial charge < -0.3 is 10.6 Å². The number of carbonyl (C=O) groups excluding carboxylic acids is 4. The van der Waals surface area contributed by atoms with Crippen molar-refractivity contribution in [3.05, 3.63) is 69.2 Å². The molecule has 0 bridgehead atoms. The van der Waals surface area contributed by atoms with Gasteiger partial charge in [-0.1, -0.05) is 33.6 Å². The lowest BCUT2D eigenvalue weighted by molar-refractivity contribution is -0.121. The van der Waals surface area contributed by atoms with Crippen molar-refractivity contribution >= 4 is 39.6 Å². The van der Waals surface area contributed by atoms with E-state index in [1.54, 1.807) is 30.3 Å². The van der Waals surface area contributed by atoms with Crippen LogP contribution in [0, 0.1) is 6.92 Å². The predicted octanol–water partition coefficient (Wildman–Crippen LogP) is 1.90. The number of benzene rings is 2. The quantitative estimate of drug-likeness (QED) is 0.526. The number of fused-ring (bicyclic) bond motifs is 1. The van der Waals surface area contributed by atoms with Gasteiger partial charge in [0, 0.05) is 23.1 Å². The first kappa shape index (κ1) is 19.8. The van der Waals surface area contributed by atoms with Crippen molar-refractivity contribution in [2.45, 2.75) is 6.92 Å². The molecule has 28 heavy (non-hydrogen) atoms. The third kappa shape index (κ3) is 4.28. The van der Waals surface area contributed by atoms with Crippen molar-refractivity contribution in [2.24, 2.45) is 0 Å². The zero-order chi connectivity index (χ0) is 20.3. The van der Waals surface area contributed by atoms with Crippen LogP contribution in [-0.2, 0) is 4.79 Å². The zero-order valence-electron chi connectivity index (χ0n) is 15.1. The molecular formula is C20H18BrN3O4. The Labute approximate surface area is 170 Å². The first-order valence-electron chi connectivity index (χ1n) is 8.64. The van der Waals surface area contributed by atoms with E-state index in [9.17, 15) is 19.2 Å².